The first-order chi connectivity index (χ1) is 11.2. The van der Waals surface area contributed by atoms with E-state index < -0.39 is 0 Å². The van der Waals surface area contributed by atoms with Gasteiger partial charge in [0.1, 0.15) is 0 Å². The molecule has 0 aliphatic heterocycles. The molecular formula is C15H19N5OS2. The predicted octanol–water partition coefficient (Wildman–Crippen LogP) is 2.88. The van der Waals surface area contributed by atoms with Gasteiger partial charge in [0.15, 0.2) is 11.0 Å². The zero-order valence-corrected chi connectivity index (χ0v) is 14.9. The number of carbonyl (C=O) groups excluding carboxylic acids is 1. The SMILES string of the molecule is CCN(CCC#N)C(=O)CSc1nnc(-c2cccs2)n1CC. The third-order valence-corrected chi connectivity index (χ3v) is 5.14. The summed E-state index contributed by atoms with van der Waals surface area (Å²) >= 11 is 3.02. The molecule has 2 aromatic rings. The van der Waals surface area contributed by atoms with Gasteiger partial charge >= 0.3 is 0 Å². The summed E-state index contributed by atoms with van der Waals surface area (Å²) in [7, 11) is 0. The number of thioether (sulfide) groups is 1. The molecule has 0 atom stereocenters. The van der Waals surface area contributed by atoms with Gasteiger partial charge in [-0.2, -0.15) is 5.26 Å². The molecule has 0 aliphatic carbocycles. The quantitative estimate of drug-likeness (QED) is 0.685. The molecule has 2 rings (SSSR count). The molecule has 0 N–H and O–H groups in total. The third-order valence-electron chi connectivity index (χ3n) is 3.33. The Balaban J connectivity index is 2.03. The van der Waals surface area contributed by atoms with Crippen LogP contribution in [0.2, 0.25) is 0 Å². The molecule has 8 heteroatoms. The van der Waals surface area contributed by atoms with Crippen LogP contribution >= 0.6 is 23.1 Å². The van der Waals surface area contributed by atoms with Crippen LogP contribution < -0.4 is 0 Å². The topological polar surface area (TPSA) is 74.8 Å². The van der Waals surface area contributed by atoms with Crippen molar-refractivity contribution >= 4 is 29.0 Å². The van der Waals surface area contributed by atoms with Crippen molar-refractivity contribution in [1.82, 2.24) is 19.7 Å². The monoisotopic (exact) mass is 349 g/mol. The number of rotatable bonds is 8. The Labute approximate surface area is 144 Å². The molecule has 0 aromatic carbocycles. The average molecular weight is 349 g/mol. The Hall–Kier alpha value is -1.85. The van der Waals surface area contributed by atoms with Crippen molar-refractivity contribution in [2.24, 2.45) is 0 Å². The van der Waals surface area contributed by atoms with Gasteiger partial charge in [-0.1, -0.05) is 17.8 Å². The lowest BCUT2D eigenvalue weighted by Gasteiger charge is -2.19. The van der Waals surface area contributed by atoms with Crippen LogP contribution in [-0.2, 0) is 11.3 Å². The van der Waals surface area contributed by atoms with Crippen molar-refractivity contribution in [2.75, 3.05) is 18.8 Å². The van der Waals surface area contributed by atoms with E-state index in [0.717, 1.165) is 22.4 Å². The number of hydrogen-bond acceptors (Lipinski definition) is 6. The highest BCUT2D eigenvalue weighted by Crippen LogP contribution is 2.27. The minimum Gasteiger partial charge on any atom is -0.341 e. The molecule has 23 heavy (non-hydrogen) atoms. The second kappa shape index (κ2) is 8.70. The van der Waals surface area contributed by atoms with Crippen LogP contribution in [0.3, 0.4) is 0 Å². The zero-order chi connectivity index (χ0) is 16.7. The standard InChI is InChI=1S/C15H19N5OS2/c1-3-19(9-6-8-16)13(21)11-23-15-18-17-14(20(15)4-2)12-7-5-10-22-12/h5,7,10H,3-4,6,9,11H2,1-2H3. The number of hydrogen-bond donors (Lipinski definition) is 0. The van der Waals surface area contributed by atoms with Crippen LogP contribution in [-0.4, -0.2) is 44.4 Å². The fourth-order valence-electron chi connectivity index (χ4n) is 2.13. The maximum absolute atomic E-state index is 12.2. The largest absolute Gasteiger partial charge is 0.341 e. The smallest absolute Gasteiger partial charge is 0.233 e. The molecule has 0 unspecified atom stereocenters. The summed E-state index contributed by atoms with van der Waals surface area (Å²) in [4.78, 5) is 15.0. The van der Waals surface area contributed by atoms with Gasteiger partial charge in [-0.05, 0) is 25.3 Å². The van der Waals surface area contributed by atoms with E-state index in [4.69, 9.17) is 5.26 Å². The summed E-state index contributed by atoms with van der Waals surface area (Å²) in [6.45, 7) is 5.80. The summed E-state index contributed by atoms with van der Waals surface area (Å²) in [6, 6.07) is 6.07. The molecule has 0 radical (unpaired) electrons. The number of carbonyl (C=O) groups is 1. The van der Waals surface area contributed by atoms with Crippen molar-refractivity contribution in [1.29, 1.82) is 5.26 Å². The first kappa shape index (κ1) is 17.5. The van der Waals surface area contributed by atoms with E-state index in [1.54, 1.807) is 16.2 Å². The molecule has 0 aliphatic rings. The Bertz CT molecular complexity index is 675. The molecule has 2 aromatic heterocycles. The second-order valence-electron chi connectivity index (χ2n) is 4.70. The molecule has 2 heterocycles. The lowest BCUT2D eigenvalue weighted by molar-refractivity contribution is -0.128. The molecule has 0 bridgehead atoms. The van der Waals surface area contributed by atoms with Gasteiger partial charge < -0.3 is 9.47 Å². The first-order valence-electron chi connectivity index (χ1n) is 7.45. The van der Waals surface area contributed by atoms with Crippen LogP contribution in [0.25, 0.3) is 10.7 Å². The van der Waals surface area contributed by atoms with Crippen LogP contribution in [0.15, 0.2) is 22.7 Å². The van der Waals surface area contributed by atoms with Crippen LogP contribution in [0.4, 0.5) is 0 Å². The van der Waals surface area contributed by atoms with Crippen molar-refractivity contribution in [3.63, 3.8) is 0 Å². The van der Waals surface area contributed by atoms with Gasteiger partial charge in [-0.15, -0.1) is 21.5 Å². The predicted molar refractivity (Wildman–Crippen MR) is 92.2 cm³/mol. The highest BCUT2D eigenvalue weighted by Gasteiger charge is 2.17. The molecular weight excluding hydrogens is 330 g/mol. The lowest BCUT2D eigenvalue weighted by atomic mass is 10.4. The molecule has 0 saturated heterocycles. The summed E-state index contributed by atoms with van der Waals surface area (Å²) < 4.78 is 2.02. The average Bonchev–Trinajstić information content (AvgIpc) is 3.22. The van der Waals surface area contributed by atoms with Gasteiger partial charge in [0.2, 0.25) is 5.91 Å². The minimum atomic E-state index is 0.0241. The Kier molecular flexibility index (Phi) is 6.62. The fourth-order valence-corrected chi connectivity index (χ4v) is 3.75. The molecule has 0 spiro atoms. The third kappa shape index (κ3) is 4.33. The number of thiophene rings is 1. The maximum Gasteiger partial charge on any atom is 0.233 e. The van der Waals surface area contributed by atoms with Crippen molar-refractivity contribution in [3.8, 4) is 16.8 Å². The Morgan fingerprint density at radius 3 is 2.91 bits per heavy atom. The summed E-state index contributed by atoms with van der Waals surface area (Å²) in [5, 5.41) is 19.9. The first-order valence-corrected chi connectivity index (χ1v) is 9.32. The number of amides is 1. The molecule has 122 valence electrons. The van der Waals surface area contributed by atoms with Crippen LogP contribution in [0, 0.1) is 11.3 Å². The van der Waals surface area contributed by atoms with E-state index in [-0.39, 0.29) is 5.91 Å². The zero-order valence-electron chi connectivity index (χ0n) is 13.2. The van der Waals surface area contributed by atoms with Crippen LogP contribution in [0.5, 0.6) is 0 Å². The lowest BCUT2D eigenvalue weighted by Crippen LogP contribution is -2.33. The second-order valence-corrected chi connectivity index (χ2v) is 6.59. The highest BCUT2D eigenvalue weighted by molar-refractivity contribution is 7.99. The van der Waals surface area contributed by atoms with Gasteiger partial charge in [0, 0.05) is 19.6 Å². The van der Waals surface area contributed by atoms with Crippen LogP contribution in [0.1, 0.15) is 20.3 Å². The maximum atomic E-state index is 12.2. The van der Waals surface area contributed by atoms with Gasteiger partial charge in [0.05, 0.1) is 23.1 Å². The molecule has 6 nitrogen and oxygen atoms in total. The van der Waals surface area contributed by atoms with Crippen molar-refractivity contribution in [2.45, 2.75) is 32.0 Å². The number of nitriles is 1. The highest BCUT2D eigenvalue weighted by atomic mass is 32.2. The fraction of sp³-hybridized carbons (Fsp3) is 0.467. The van der Waals surface area contributed by atoms with E-state index in [0.29, 0.717) is 25.3 Å². The van der Waals surface area contributed by atoms with E-state index >= 15 is 0 Å². The van der Waals surface area contributed by atoms with E-state index in [2.05, 4.69) is 16.3 Å². The van der Waals surface area contributed by atoms with Gasteiger partial charge in [-0.3, -0.25) is 4.79 Å². The van der Waals surface area contributed by atoms with E-state index in [1.807, 2.05) is 35.9 Å². The summed E-state index contributed by atoms with van der Waals surface area (Å²) in [5.41, 5.74) is 0. The summed E-state index contributed by atoms with van der Waals surface area (Å²) in [5.74, 6) is 1.17. The molecule has 0 fully saturated rings. The normalized spacial score (nSPS) is 10.5. The Morgan fingerprint density at radius 2 is 2.30 bits per heavy atom. The van der Waals surface area contributed by atoms with Gasteiger partial charge in [-0.25, -0.2) is 0 Å². The van der Waals surface area contributed by atoms with Crippen molar-refractivity contribution < 1.29 is 4.79 Å². The number of nitrogens with zero attached hydrogens (tertiary/aromatic N) is 5. The minimum absolute atomic E-state index is 0.0241. The van der Waals surface area contributed by atoms with E-state index in [9.17, 15) is 4.79 Å². The molecule has 0 saturated carbocycles. The summed E-state index contributed by atoms with van der Waals surface area (Å²) in [6.07, 6.45) is 0.359. The van der Waals surface area contributed by atoms with Gasteiger partial charge in [0.25, 0.3) is 0 Å². The van der Waals surface area contributed by atoms with E-state index in [1.165, 1.54) is 11.8 Å². The van der Waals surface area contributed by atoms with Crippen molar-refractivity contribution in [3.05, 3.63) is 17.5 Å². The number of aromatic nitrogens is 3. The Morgan fingerprint density at radius 1 is 1.48 bits per heavy atom. The molecule has 1 amide bonds.